The van der Waals surface area contributed by atoms with Crippen LogP contribution in [0.5, 0.6) is 0 Å². The van der Waals surface area contributed by atoms with Gasteiger partial charge in [0.25, 0.3) is 23.6 Å². The lowest BCUT2D eigenvalue weighted by Crippen LogP contribution is -2.36. The first-order chi connectivity index (χ1) is 15.2. The first-order valence-electron chi connectivity index (χ1n) is 9.63. The third kappa shape index (κ3) is 5.06. The molecule has 3 heterocycles. The van der Waals surface area contributed by atoms with Crippen LogP contribution in [0.2, 0.25) is 0 Å². The standard InChI is InChI=1S/C19H19N3O10/c23-12-1-2-13(24)20(12)7-5-17(28)31-10-11-9-16(27)21(19(11)30)8-6-18(29)32-22-14(25)3-4-15(22)26/h1-2,9,12,23H,3-8,10H2. The van der Waals surface area contributed by atoms with Crippen molar-refractivity contribution in [2.75, 3.05) is 19.7 Å². The second-order valence-corrected chi connectivity index (χ2v) is 6.97. The van der Waals surface area contributed by atoms with E-state index < -0.39 is 60.7 Å². The molecule has 0 aromatic heterocycles. The normalized spacial score (nSPS) is 20.5. The maximum absolute atomic E-state index is 12.3. The number of aliphatic hydroxyl groups is 1. The molecule has 32 heavy (non-hydrogen) atoms. The quantitative estimate of drug-likeness (QED) is 0.305. The fourth-order valence-corrected chi connectivity index (χ4v) is 3.07. The first-order valence-corrected chi connectivity index (χ1v) is 9.63. The molecule has 1 atom stereocenters. The van der Waals surface area contributed by atoms with E-state index in [9.17, 15) is 38.7 Å². The molecule has 13 nitrogen and oxygen atoms in total. The zero-order chi connectivity index (χ0) is 23.4. The molecule has 3 aliphatic rings. The van der Waals surface area contributed by atoms with Gasteiger partial charge in [-0.2, -0.15) is 0 Å². The van der Waals surface area contributed by atoms with E-state index in [-0.39, 0.29) is 37.9 Å². The lowest BCUT2D eigenvalue weighted by atomic mass is 10.3. The van der Waals surface area contributed by atoms with Crippen LogP contribution in [-0.4, -0.2) is 87.4 Å². The van der Waals surface area contributed by atoms with Gasteiger partial charge in [-0.1, -0.05) is 0 Å². The number of nitrogens with zero attached hydrogens (tertiary/aromatic N) is 3. The maximum atomic E-state index is 12.3. The Balaban J connectivity index is 1.40. The van der Waals surface area contributed by atoms with Crippen molar-refractivity contribution in [1.29, 1.82) is 0 Å². The van der Waals surface area contributed by atoms with Gasteiger partial charge in [0.2, 0.25) is 5.91 Å². The number of rotatable bonds is 9. The molecule has 0 bridgehead atoms. The summed E-state index contributed by atoms with van der Waals surface area (Å²) in [4.78, 5) is 88.8. The highest BCUT2D eigenvalue weighted by atomic mass is 16.7. The largest absolute Gasteiger partial charge is 0.461 e. The molecule has 0 aromatic rings. The number of carbonyl (C=O) groups is 7. The Morgan fingerprint density at radius 1 is 0.969 bits per heavy atom. The fourth-order valence-electron chi connectivity index (χ4n) is 3.07. The van der Waals surface area contributed by atoms with Crippen molar-refractivity contribution in [2.24, 2.45) is 0 Å². The van der Waals surface area contributed by atoms with E-state index in [1.807, 2.05) is 0 Å². The highest BCUT2D eigenvalue weighted by Crippen LogP contribution is 2.16. The minimum absolute atomic E-state index is 0.0625. The molecule has 170 valence electrons. The first kappa shape index (κ1) is 22.8. The van der Waals surface area contributed by atoms with Gasteiger partial charge in [-0.05, 0) is 6.08 Å². The van der Waals surface area contributed by atoms with Crippen molar-refractivity contribution in [3.63, 3.8) is 0 Å². The summed E-state index contributed by atoms with van der Waals surface area (Å²) >= 11 is 0. The zero-order valence-electron chi connectivity index (χ0n) is 16.7. The molecular weight excluding hydrogens is 430 g/mol. The van der Waals surface area contributed by atoms with E-state index in [4.69, 9.17) is 4.74 Å². The molecule has 0 aliphatic carbocycles. The van der Waals surface area contributed by atoms with Crippen LogP contribution in [0.15, 0.2) is 23.8 Å². The van der Waals surface area contributed by atoms with E-state index in [0.29, 0.717) is 5.06 Å². The predicted molar refractivity (Wildman–Crippen MR) is 99.0 cm³/mol. The lowest BCUT2D eigenvalue weighted by molar-refractivity contribution is -0.197. The average molecular weight is 449 g/mol. The van der Waals surface area contributed by atoms with Crippen LogP contribution >= 0.6 is 0 Å². The molecule has 0 radical (unpaired) electrons. The number of ether oxygens (including phenoxy) is 1. The Labute approximate surface area is 180 Å². The molecule has 1 unspecified atom stereocenters. The Bertz CT molecular complexity index is 937. The van der Waals surface area contributed by atoms with E-state index in [2.05, 4.69) is 4.84 Å². The Hall–Kier alpha value is -3.87. The third-order valence-electron chi connectivity index (χ3n) is 4.78. The molecule has 0 aromatic carbocycles. The Morgan fingerprint density at radius 2 is 1.62 bits per heavy atom. The van der Waals surface area contributed by atoms with Gasteiger partial charge in [0.1, 0.15) is 12.8 Å². The summed E-state index contributed by atoms with van der Waals surface area (Å²) in [6.07, 6.45) is 1.49. The van der Waals surface area contributed by atoms with Crippen molar-refractivity contribution in [1.82, 2.24) is 14.9 Å². The second kappa shape index (κ2) is 9.51. The fraction of sp³-hybridized carbons (Fsp3) is 0.421. The summed E-state index contributed by atoms with van der Waals surface area (Å²) < 4.78 is 4.94. The number of esters is 1. The molecule has 1 N–H and O–H groups in total. The van der Waals surface area contributed by atoms with Crippen LogP contribution in [-0.2, 0) is 43.1 Å². The van der Waals surface area contributed by atoms with Crippen molar-refractivity contribution in [3.8, 4) is 0 Å². The molecule has 3 rings (SSSR count). The minimum atomic E-state index is -1.12. The minimum Gasteiger partial charge on any atom is -0.461 e. The molecule has 1 saturated heterocycles. The molecular formula is C19H19N3O10. The van der Waals surface area contributed by atoms with E-state index in [1.54, 1.807) is 0 Å². The summed E-state index contributed by atoms with van der Waals surface area (Å²) in [6.45, 7) is -0.938. The van der Waals surface area contributed by atoms with Crippen molar-refractivity contribution < 1.29 is 48.2 Å². The number of hydroxylamine groups is 2. The number of hydrogen-bond donors (Lipinski definition) is 1. The number of carbonyl (C=O) groups excluding carboxylic acids is 7. The molecule has 1 fully saturated rings. The highest BCUT2D eigenvalue weighted by molar-refractivity contribution is 6.16. The number of hydrogen-bond acceptors (Lipinski definition) is 10. The molecule has 0 saturated carbocycles. The van der Waals surface area contributed by atoms with Gasteiger partial charge in [0, 0.05) is 38.1 Å². The van der Waals surface area contributed by atoms with Gasteiger partial charge >= 0.3 is 11.9 Å². The molecule has 13 heteroatoms. The smallest absolute Gasteiger partial charge is 0.335 e. The van der Waals surface area contributed by atoms with Gasteiger partial charge in [0.05, 0.1) is 18.4 Å². The van der Waals surface area contributed by atoms with E-state index in [1.165, 1.54) is 12.2 Å². The summed E-state index contributed by atoms with van der Waals surface area (Å²) in [7, 11) is 0. The highest BCUT2D eigenvalue weighted by Gasteiger charge is 2.35. The van der Waals surface area contributed by atoms with Crippen LogP contribution < -0.4 is 0 Å². The van der Waals surface area contributed by atoms with E-state index in [0.717, 1.165) is 15.9 Å². The predicted octanol–water partition coefficient (Wildman–Crippen LogP) is -2.07. The van der Waals surface area contributed by atoms with Crippen LogP contribution in [0.1, 0.15) is 25.7 Å². The number of aliphatic hydroxyl groups excluding tert-OH is 1. The maximum Gasteiger partial charge on any atom is 0.335 e. The van der Waals surface area contributed by atoms with Gasteiger partial charge in [-0.15, -0.1) is 5.06 Å². The third-order valence-corrected chi connectivity index (χ3v) is 4.78. The Kier molecular flexibility index (Phi) is 6.78. The van der Waals surface area contributed by atoms with Gasteiger partial charge in [0.15, 0.2) is 0 Å². The number of amides is 5. The van der Waals surface area contributed by atoms with E-state index >= 15 is 0 Å². The van der Waals surface area contributed by atoms with Crippen LogP contribution in [0.3, 0.4) is 0 Å². The van der Waals surface area contributed by atoms with Gasteiger partial charge in [-0.3, -0.25) is 33.7 Å². The lowest BCUT2D eigenvalue weighted by Gasteiger charge is -2.19. The summed E-state index contributed by atoms with van der Waals surface area (Å²) in [5.74, 6) is -4.96. The SMILES string of the molecule is O=C(CCN1C(=O)C=CC1O)OCC1=CC(=O)N(CCC(=O)ON2C(=O)CCC2=O)C1=O. The van der Waals surface area contributed by atoms with Crippen molar-refractivity contribution in [3.05, 3.63) is 23.8 Å². The molecule has 0 spiro atoms. The topological polar surface area (TPSA) is 168 Å². The summed E-state index contributed by atoms with van der Waals surface area (Å²) in [5.41, 5.74) is -0.111. The van der Waals surface area contributed by atoms with Crippen LogP contribution in [0, 0.1) is 0 Å². The molecule has 3 aliphatic heterocycles. The van der Waals surface area contributed by atoms with Gasteiger partial charge in [-0.25, -0.2) is 4.79 Å². The van der Waals surface area contributed by atoms with Crippen molar-refractivity contribution in [2.45, 2.75) is 31.9 Å². The van der Waals surface area contributed by atoms with Crippen molar-refractivity contribution >= 4 is 41.5 Å². The average Bonchev–Trinajstić information content (AvgIpc) is 3.34. The summed E-state index contributed by atoms with van der Waals surface area (Å²) in [6, 6.07) is 0. The molecule has 5 amide bonds. The second-order valence-electron chi connectivity index (χ2n) is 6.97. The zero-order valence-corrected chi connectivity index (χ0v) is 16.7. The monoisotopic (exact) mass is 449 g/mol. The van der Waals surface area contributed by atoms with Crippen LogP contribution in [0.4, 0.5) is 0 Å². The van der Waals surface area contributed by atoms with Crippen LogP contribution in [0.25, 0.3) is 0 Å². The summed E-state index contributed by atoms with van der Waals surface area (Å²) in [5, 5.41) is 9.93. The number of imide groups is 2. The Morgan fingerprint density at radius 3 is 2.25 bits per heavy atom. The van der Waals surface area contributed by atoms with Gasteiger partial charge < -0.3 is 19.6 Å².